The van der Waals surface area contributed by atoms with Crippen LogP contribution in [-0.4, -0.2) is 52.1 Å². The highest BCUT2D eigenvalue weighted by atomic mass is 35.5. The van der Waals surface area contributed by atoms with Gasteiger partial charge in [0.15, 0.2) is 25.8 Å². The summed E-state index contributed by atoms with van der Waals surface area (Å²) in [6, 6.07) is 6.93. The van der Waals surface area contributed by atoms with Gasteiger partial charge in [-0.25, -0.2) is 28.7 Å². The number of nitrogens with zero attached hydrogens (tertiary/aromatic N) is 3. The van der Waals surface area contributed by atoms with E-state index in [1.54, 1.807) is 6.07 Å². The first-order valence-corrected chi connectivity index (χ1v) is 17.6. The summed E-state index contributed by atoms with van der Waals surface area (Å²) in [7, 11) is -2.96. The molecule has 5 nitrogen and oxygen atoms in total. The molecular formula is C26H32Cl2F3N3O2SSi. The number of aromatic nitrogens is 3. The molecule has 0 spiro atoms. The molecule has 1 aromatic heterocycles. The molecule has 2 aromatic carbocycles. The number of aliphatic hydroxyl groups excluding tert-OH is 1. The summed E-state index contributed by atoms with van der Waals surface area (Å²) in [6.07, 6.45) is 1.29. The van der Waals surface area contributed by atoms with Gasteiger partial charge in [0.25, 0.3) is 0 Å². The van der Waals surface area contributed by atoms with Crippen molar-refractivity contribution in [3.63, 3.8) is 0 Å². The van der Waals surface area contributed by atoms with E-state index in [2.05, 4.69) is 44.2 Å². The molecule has 4 atom stereocenters. The van der Waals surface area contributed by atoms with Crippen LogP contribution in [0.3, 0.4) is 0 Å². The van der Waals surface area contributed by atoms with Gasteiger partial charge in [0.05, 0.1) is 28.4 Å². The lowest BCUT2D eigenvalue weighted by atomic mass is 10.0. The van der Waals surface area contributed by atoms with E-state index in [1.165, 1.54) is 10.9 Å². The van der Waals surface area contributed by atoms with E-state index in [4.69, 9.17) is 27.6 Å². The molecule has 2 heterocycles. The Morgan fingerprint density at radius 2 is 1.76 bits per heavy atom. The average Bonchev–Trinajstić information content (AvgIpc) is 3.32. The van der Waals surface area contributed by atoms with Gasteiger partial charge in [-0.2, -0.15) is 0 Å². The number of hydrogen-bond acceptors (Lipinski definition) is 4. The molecule has 208 valence electrons. The third-order valence-corrected chi connectivity index (χ3v) is 15.8. The van der Waals surface area contributed by atoms with Crippen molar-refractivity contribution in [1.29, 1.82) is 0 Å². The maximum absolute atomic E-state index is 13.8. The SMILES string of the molecule is CC(C)(C)[Si](C)(C)OC[C@@H]1[C@@H](O)[C@H](n2cc(-c3cc(F)c(F)c(F)c3)nn2)CC[SH]1c1ccc(Cl)c(Cl)c1. The van der Waals surface area contributed by atoms with Gasteiger partial charge in [-0.3, -0.25) is 0 Å². The van der Waals surface area contributed by atoms with Crippen molar-refractivity contribution in [2.24, 2.45) is 0 Å². The summed E-state index contributed by atoms with van der Waals surface area (Å²) in [5.74, 6) is -3.37. The molecule has 1 fully saturated rings. The molecule has 0 saturated carbocycles. The van der Waals surface area contributed by atoms with Crippen LogP contribution in [0.5, 0.6) is 0 Å². The molecule has 0 aliphatic carbocycles. The largest absolute Gasteiger partial charge is 0.416 e. The van der Waals surface area contributed by atoms with Gasteiger partial charge in [0, 0.05) is 17.4 Å². The lowest BCUT2D eigenvalue weighted by molar-refractivity contribution is 0.0777. The van der Waals surface area contributed by atoms with Crippen molar-refractivity contribution in [1.82, 2.24) is 15.0 Å². The quantitative estimate of drug-likeness (QED) is 0.174. The Balaban J connectivity index is 1.64. The molecule has 4 rings (SSSR count). The van der Waals surface area contributed by atoms with Gasteiger partial charge < -0.3 is 9.53 Å². The molecule has 1 N–H and O–H groups in total. The summed E-state index contributed by atoms with van der Waals surface area (Å²) in [5.41, 5.74) is 0.246. The standard InChI is InChI=1S/C26H32Cl2F3N3O2SSi/c1-26(2,3)38(4,5)36-14-23-25(35)22(8-9-37(23)16-6-7-17(27)18(28)12-16)34-13-21(32-33-34)15-10-19(29)24(31)20(30)11-15/h6-7,10-13,22-23,25,35,37H,8-9,14H2,1-5H3/t22-,23-,25+/m1/s1. The van der Waals surface area contributed by atoms with Crippen LogP contribution in [0.4, 0.5) is 13.2 Å². The second-order valence-electron chi connectivity index (χ2n) is 11.1. The predicted octanol–water partition coefficient (Wildman–Crippen LogP) is 7.43. The Morgan fingerprint density at radius 1 is 1.11 bits per heavy atom. The van der Waals surface area contributed by atoms with Gasteiger partial charge in [-0.1, -0.05) is 49.2 Å². The zero-order valence-corrected chi connectivity index (χ0v) is 25.3. The normalized spacial score (nSPS) is 23.6. The first kappa shape index (κ1) is 29.4. The molecule has 0 radical (unpaired) electrons. The maximum atomic E-state index is 13.8. The zero-order chi connectivity index (χ0) is 28.0. The minimum atomic E-state index is -2.11. The van der Waals surface area contributed by atoms with Crippen molar-refractivity contribution in [2.75, 3.05) is 12.4 Å². The van der Waals surface area contributed by atoms with Crippen LogP contribution >= 0.6 is 34.1 Å². The molecule has 1 aliphatic rings. The monoisotopic (exact) mass is 605 g/mol. The first-order valence-electron chi connectivity index (χ1n) is 12.3. The fraction of sp³-hybridized carbons (Fsp3) is 0.462. The average molecular weight is 607 g/mol. The van der Waals surface area contributed by atoms with E-state index in [1.807, 2.05) is 12.1 Å². The molecule has 1 saturated heterocycles. The van der Waals surface area contributed by atoms with Gasteiger partial charge in [0.1, 0.15) is 5.69 Å². The minimum absolute atomic E-state index is 0.00112. The molecule has 0 bridgehead atoms. The molecule has 38 heavy (non-hydrogen) atoms. The Labute approximate surface area is 234 Å². The van der Waals surface area contributed by atoms with Crippen molar-refractivity contribution < 1.29 is 22.7 Å². The lowest BCUT2D eigenvalue weighted by Crippen LogP contribution is -2.48. The van der Waals surface area contributed by atoms with Crippen LogP contribution in [0.15, 0.2) is 41.4 Å². The fourth-order valence-electron chi connectivity index (χ4n) is 4.30. The second kappa shape index (κ2) is 11.1. The smallest absolute Gasteiger partial charge is 0.194 e. The van der Waals surface area contributed by atoms with Crippen LogP contribution in [0.1, 0.15) is 33.2 Å². The van der Waals surface area contributed by atoms with E-state index < -0.39 is 48.8 Å². The summed E-state index contributed by atoms with van der Waals surface area (Å²) in [5, 5.41) is 20.6. The van der Waals surface area contributed by atoms with Crippen molar-refractivity contribution in [3.05, 3.63) is 64.0 Å². The number of hydrogen-bond donors (Lipinski definition) is 2. The van der Waals surface area contributed by atoms with E-state index in [9.17, 15) is 18.3 Å². The van der Waals surface area contributed by atoms with E-state index in [-0.39, 0.29) is 21.5 Å². The Morgan fingerprint density at radius 3 is 2.37 bits per heavy atom. The highest BCUT2D eigenvalue weighted by Gasteiger charge is 2.43. The van der Waals surface area contributed by atoms with Crippen LogP contribution in [0.2, 0.25) is 28.2 Å². The Hall–Kier alpha value is -1.56. The third kappa shape index (κ3) is 5.95. The highest BCUT2D eigenvalue weighted by Crippen LogP contribution is 2.51. The number of aliphatic hydroxyl groups is 1. The minimum Gasteiger partial charge on any atom is -0.416 e. The summed E-state index contributed by atoms with van der Waals surface area (Å²) in [4.78, 5) is 1.03. The van der Waals surface area contributed by atoms with Gasteiger partial charge in [-0.05, 0) is 65.5 Å². The number of halogens is 5. The summed E-state index contributed by atoms with van der Waals surface area (Å²) >= 11 is 12.5. The van der Waals surface area contributed by atoms with Crippen LogP contribution in [0, 0.1) is 17.5 Å². The molecule has 0 amide bonds. The van der Waals surface area contributed by atoms with E-state index in [0.717, 1.165) is 22.8 Å². The lowest BCUT2D eigenvalue weighted by Gasteiger charge is -2.45. The number of thiol groups is 1. The topological polar surface area (TPSA) is 60.2 Å². The van der Waals surface area contributed by atoms with Gasteiger partial charge in [-0.15, -0.1) is 5.10 Å². The Bertz CT molecular complexity index is 1300. The molecule has 1 aliphatic heterocycles. The zero-order valence-electron chi connectivity index (χ0n) is 21.9. The van der Waals surface area contributed by atoms with Gasteiger partial charge in [0.2, 0.25) is 0 Å². The molecular weight excluding hydrogens is 574 g/mol. The van der Waals surface area contributed by atoms with Crippen LogP contribution in [0.25, 0.3) is 11.3 Å². The molecule has 12 heteroatoms. The first-order chi connectivity index (χ1) is 17.7. The van der Waals surface area contributed by atoms with Crippen molar-refractivity contribution in [2.45, 2.75) is 67.6 Å². The van der Waals surface area contributed by atoms with Crippen LogP contribution < -0.4 is 0 Å². The summed E-state index contributed by atoms with van der Waals surface area (Å²) < 4.78 is 49.1. The number of rotatable bonds is 6. The molecule has 1 unspecified atom stereocenters. The van der Waals surface area contributed by atoms with E-state index >= 15 is 0 Å². The second-order valence-corrected chi connectivity index (χ2v) is 19.3. The fourth-order valence-corrected chi connectivity index (χ4v) is 8.74. The highest BCUT2D eigenvalue weighted by molar-refractivity contribution is 8.17. The van der Waals surface area contributed by atoms with E-state index in [0.29, 0.717) is 23.1 Å². The number of benzene rings is 2. The maximum Gasteiger partial charge on any atom is 0.194 e. The van der Waals surface area contributed by atoms with Gasteiger partial charge >= 0.3 is 0 Å². The van der Waals surface area contributed by atoms with Crippen LogP contribution in [-0.2, 0) is 4.43 Å². The predicted molar refractivity (Wildman–Crippen MR) is 151 cm³/mol. The van der Waals surface area contributed by atoms with Crippen molar-refractivity contribution in [3.8, 4) is 11.3 Å². The summed E-state index contributed by atoms with van der Waals surface area (Å²) in [6.45, 7) is 11.2. The third-order valence-electron chi connectivity index (χ3n) is 7.64. The Kier molecular flexibility index (Phi) is 8.62. The molecule has 3 aromatic rings. The van der Waals surface area contributed by atoms with Crippen molar-refractivity contribution >= 4 is 42.4 Å².